The first-order valence-corrected chi connectivity index (χ1v) is 7.10. The van der Waals surface area contributed by atoms with E-state index in [4.69, 9.17) is 0 Å². The van der Waals surface area contributed by atoms with Crippen molar-refractivity contribution in [2.24, 2.45) is 0 Å². The van der Waals surface area contributed by atoms with E-state index < -0.39 is 0 Å². The Morgan fingerprint density at radius 3 is 1.81 bits per heavy atom. The molecule has 0 amide bonds. The van der Waals surface area contributed by atoms with Crippen LogP contribution in [0.15, 0.2) is 36.7 Å². The Morgan fingerprint density at radius 2 is 1.43 bits per heavy atom. The molecule has 0 aliphatic carbocycles. The molecule has 0 N–H and O–H groups in total. The highest BCUT2D eigenvalue weighted by Crippen LogP contribution is 2.09. The van der Waals surface area contributed by atoms with Gasteiger partial charge in [-0.3, -0.25) is 14.9 Å². The van der Waals surface area contributed by atoms with Crippen LogP contribution in [0.25, 0.3) is 0 Å². The molecule has 0 aromatic carbocycles. The third-order valence-corrected chi connectivity index (χ3v) is 3.18. The zero-order valence-electron chi connectivity index (χ0n) is 12.1. The van der Waals surface area contributed by atoms with Gasteiger partial charge in [-0.2, -0.15) is 0 Å². The number of hydrogen-bond donors (Lipinski definition) is 0. The van der Waals surface area contributed by atoms with Crippen LogP contribution in [0.1, 0.15) is 31.2 Å². The Labute approximate surface area is 123 Å². The van der Waals surface area contributed by atoms with Gasteiger partial charge in [0.1, 0.15) is 11.6 Å². The lowest BCUT2D eigenvalue weighted by molar-refractivity contribution is 0.246. The summed E-state index contributed by atoms with van der Waals surface area (Å²) < 4.78 is 25.8. The highest BCUT2D eigenvalue weighted by atomic mass is 19.1. The standard InChI is InChI=1S/C16H19F2N3/c1-2-3-8-21(11-15-6-4-13(17)9-19-15)12-16-7-5-14(18)10-20-16/h4-7,9-10H,2-3,8,11-12H2,1H3. The van der Waals surface area contributed by atoms with Gasteiger partial charge in [-0.25, -0.2) is 8.78 Å². The molecular formula is C16H19F2N3. The van der Waals surface area contributed by atoms with Gasteiger partial charge in [0.15, 0.2) is 0 Å². The fraction of sp³-hybridized carbons (Fsp3) is 0.375. The number of unbranched alkanes of at least 4 members (excludes halogenated alkanes) is 1. The molecule has 3 nitrogen and oxygen atoms in total. The predicted molar refractivity (Wildman–Crippen MR) is 77.4 cm³/mol. The lowest BCUT2D eigenvalue weighted by Gasteiger charge is -2.21. The molecule has 0 unspecified atom stereocenters. The van der Waals surface area contributed by atoms with Gasteiger partial charge in [0.25, 0.3) is 0 Å². The van der Waals surface area contributed by atoms with E-state index in [1.807, 2.05) is 0 Å². The summed E-state index contributed by atoms with van der Waals surface area (Å²) in [5.74, 6) is -0.668. The largest absolute Gasteiger partial charge is 0.292 e. The third kappa shape index (κ3) is 5.19. The zero-order chi connectivity index (χ0) is 15.1. The second-order valence-corrected chi connectivity index (χ2v) is 5.00. The van der Waals surface area contributed by atoms with Gasteiger partial charge in [0.05, 0.1) is 23.8 Å². The van der Waals surface area contributed by atoms with Crippen LogP contribution in [0, 0.1) is 11.6 Å². The van der Waals surface area contributed by atoms with Crippen LogP contribution in [0.2, 0.25) is 0 Å². The van der Waals surface area contributed by atoms with Crippen molar-refractivity contribution in [2.75, 3.05) is 6.54 Å². The van der Waals surface area contributed by atoms with E-state index in [1.54, 1.807) is 12.1 Å². The van der Waals surface area contributed by atoms with Crippen molar-refractivity contribution >= 4 is 0 Å². The first-order valence-electron chi connectivity index (χ1n) is 7.10. The minimum Gasteiger partial charge on any atom is -0.292 e. The van der Waals surface area contributed by atoms with Crippen molar-refractivity contribution < 1.29 is 8.78 Å². The molecular weight excluding hydrogens is 272 g/mol. The minimum atomic E-state index is -0.334. The van der Waals surface area contributed by atoms with E-state index in [2.05, 4.69) is 21.8 Å². The molecule has 0 atom stereocenters. The van der Waals surface area contributed by atoms with Crippen LogP contribution in [0.3, 0.4) is 0 Å². The second kappa shape index (κ2) is 7.78. The van der Waals surface area contributed by atoms with Gasteiger partial charge >= 0.3 is 0 Å². The van der Waals surface area contributed by atoms with Crippen molar-refractivity contribution in [1.29, 1.82) is 0 Å². The summed E-state index contributed by atoms with van der Waals surface area (Å²) in [4.78, 5) is 10.4. The van der Waals surface area contributed by atoms with Gasteiger partial charge in [-0.1, -0.05) is 13.3 Å². The maximum Gasteiger partial charge on any atom is 0.141 e. The number of rotatable bonds is 7. The molecule has 112 valence electrons. The van der Waals surface area contributed by atoms with E-state index in [0.717, 1.165) is 30.8 Å². The average molecular weight is 291 g/mol. The molecule has 0 saturated heterocycles. The van der Waals surface area contributed by atoms with Crippen LogP contribution in [0.4, 0.5) is 8.78 Å². The number of hydrogen-bond acceptors (Lipinski definition) is 3. The van der Waals surface area contributed by atoms with Gasteiger partial charge in [-0.05, 0) is 37.2 Å². The van der Waals surface area contributed by atoms with Gasteiger partial charge in [0, 0.05) is 13.1 Å². The Bertz CT molecular complexity index is 493. The van der Waals surface area contributed by atoms with Crippen molar-refractivity contribution in [3.8, 4) is 0 Å². The van der Waals surface area contributed by atoms with Gasteiger partial charge in [0.2, 0.25) is 0 Å². The molecule has 0 bridgehead atoms. The third-order valence-electron chi connectivity index (χ3n) is 3.18. The van der Waals surface area contributed by atoms with Crippen molar-refractivity contribution in [1.82, 2.24) is 14.9 Å². The smallest absolute Gasteiger partial charge is 0.141 e. The van der Waals surface area contributed by atoms with E-state index in [1.165, 1.54) is 24.5 Å². The van der Waals surface area contributed by atoms with Gasteiger partial charge < -0.3 is 0 Å². The maximum atomic E-state index is 12.9. The number of halogens is 2. The van der Waals surface area contributed by atoms with Crippen LogP contribution in [-0.4, -0.2) is 21.4 Å². The van der Waals surface area contributed by atoms with Crippen molar-refractivity contribution in [2.45, 2.75) is 32.9 Å². The minimum absolute atomic E-state index is 0.334. The lowest BCUT2D eigenvalue weighted by atomic mass is 10.2. The summed E-state index contributed by atoms with van der Waals surface area (Å²) in [7, 11) is 0. The fourth-order valence-corrected chi connectivity index (χ4v) is 2.05. The van der Waals surface area contributed by atoms with E-state index in [9.17, 15) is 8.78 Å². The molecule has 0 aliphatic heterocycles. The summed E-state index contributed by atoms with van der Waals surface area (Å²) in [5, 5.41) is 0. The number of nitrogens with zero attached hydrogens (tertiary/aromatic N) is 3. The first kappa shape index (κ1) is 15.5. The Kier molecular flexibility index (Phi) is 5.75. The molecule has 21 heavy (non-hydrogen) atoms. The Balaban J connectivity index is 2.02. The normalized spacial score (nSPS) is 11.0. The zero-order valence-corrected chi connectivity index (χ0v) is 12.1. The first-order chi connectivity index (χ1) is 10.2. The molecule has 0 fully saturated rings. The fourth-order valence-electron chi connectivity index (χ4n) is 2.05. The lowest BCUT2D eigenvalue weighted by Crippen LogP contribution is -2.25. The summed E-state index contributed by atoms with van der Waals surface area (Å²) in [6.45, 7) is 4.28. The van der Waals surface area contributed by atoms with Crippen LogP contribution < -0.4 is 0 Å². The summed E-state index contributed by atoms with van der Waals surface area (Å²) in [6, 6.07) is 6.20. The molecule has 0 saturated carbocycles. The number of aromatic nitrogens is 2. The van der Waals surface area contributed by atoms with E-state index in [0.29, 0.717) is 13.1 Å². The van der Waals surface area contributed by atoms with Crippen LogP contribution >= 0.6 is 0 Å². The monoisotopic (exact) mass is 291 g/mol. The summed E-state index contributed by atoms with van der Waals surface area (Å²) >= 11 is 0. The SMILES string of the molecule is CCCCN(Cc1ccc(F)cn1)Cc1ccc(F)cn1. The van der Waals surface area contributed by atoms with E-state index in [-0.39, 0.29) is 11.6 Å². The van der Waals surface area contributed by atoms with Crippen molar-refractivity contribution in [3.63, 3.8) is 0 Å². The topological polar surface area (TPSA) is 29.0 Å². The molecule has 5 heteroatoms. The molecule has 2 aromatic rings. The van der Waals surface area contributed by atoms with Gasteiger partial charge in [-0.15, -0.1) is 0 Å². The van der Waals surface area contributed by atoms with E-state index >= 15 is 0 Å². The highest BCUT2D eigenvalue weighted by Gasteiger charge is 2.09. The summed E-state index contributed by atoms with van der Waals surface area (Å²) in [5.41, 5.74) is 1.63. The number of pyridine rings is 2. The Hall–Kier alpha value is -1.88. The van der Waals surface area contributed by atoms with Crippen LogP contribution in [0.5, 0.6) is 0 Å². The predicted octanol–water partition coefficient (Wildman–Crippen LogP) is 3.56. The molecule has 0 aliphatic rings. The van der Waals surface area contributed by atoms with Crippen LogP contribution in [-0.2, 0) is 13.1 Å². The molecule has 0 radical (unpaired) electrons. The summed E-state index contributed by atoms with van der Waals surface area (Å²) in [6.07, 6.45) is 4.60. The molecule has 0 spiro atoms. The molecule has 2 aromatic heterocycles. The Morgan fingerprint density at radius 1 is 0.905 bits per heavy atom. The quantitative estimate of drug-likeness (QED) is 0.781. The maximum absolute atomic E-state index is 12.9. The highest BCUT2D eigenvalue weighted by molar-refractivity contribution is 5.07. The second-order valence-electron chi connectivity index (χ2n) is 5.00. The van der Waals surface area contributed by atoms with Crippen molar-refractivity contribution in [3.05, 3.63) is 59.7 Å². The molecule has 2 rings (SSSR count). The molecule has 2 heterocycles. The average Bonchev–Trinajstić information content (AvgIpc) is 2.49.